The van der Waals surface area contributed by atoms with Crippen molar-refractivity contribution in [2.24, 2.45) is 0 Å². The molecule has 4 rings (SSSR count). The van der Waals surface area contributed by atoms with Crippen LogP contribution in [0.4, 0.5) is 10.1 Å². The molecule has 0 unspecified atom stereocenters. The summed E-state index contributed by atoms with van der Waals surface area (Å²) >= 11 is 1.43. The van der Waals surface area contributed by atoms with Crippen molar-refractivity contribution in [3.05, 3.63) is 94.8 Å². The summed E-state index contributed by atoms with van der Waals surface area (Å²) in [6.07, 6.45) is 0. The summed E-state index contributed by atoms with van der Waals surface area (Å²) < 4.78 is 14.1. The minimum absolute atomic E-state index is 0.104. The molecule has 1 heterocycles. The third-order valence-corrected chi connectivity index (χ3v) is 6.07. The van der Waals surface area contributed by atoms with Crippen molar-refractivity contribution in [3.63, 3.8) is 0 Å². The van der Waals surface area contributed by atoms with Gasteiger partial charge in [-0.25, -0.2) is 4.39 Å². The molecule has 4 nitrogen and oxygen atoms in total. The van der Waals surface area contributed by atoms with Crippen molar-refractivity contribution < 1.29 is 14.0 Å². The first kappa shape index (κ1) is 20.2. The fourth-order valence-electron chi connectivity index (χ4n) is 3.30. The molecule has 1 N–H and O–H groups in total. The second-order valence-corrected chi connectivity index (χ2v) is 8.23. The molecule has 0 saturated carbocycles. The van der Waals surface area contributed by atoms with Crippen LogP contribution in [0.3, 0.4) is 0 Å². The predicted molar refractivity (Wildman–Crippen MR) is 117 cm³/mol. The number of amides is 2. The summed E-state index contributed by atoms with van der Waals surface area (Å²) in [5, 5.41) is 2.92. The highest BCUT2D eigenvalue weighted by Crippen LogP contribution is 2.37. The van der Waals surface area contributed by atoms with Crippen molar-refractivity contribution in [3.8, 4) is 0 Å². The van der Waals surface area contributed by atoms with Gasteiger partial charge in [0.1, 0.15) is 5.82 Å². The maximum absolute atomic E-state index is 14.1. The zero-order chi connectivity index (χ0) is 21.1. The molecule has 2 amide bonds. The Balaban J connectivity index is 1.55. The molecule has 152 valence electrons. The summed E-state index contributed by atoms with van der Waals surface area (Å²) in [4.78, 5) is 27.7. The lowest BCUT2D eigenvalue weighted by Gasteiger charge is -2.29. The summed E-state index contributed by atoms with van der Waals surface area (Å²) in [5.41, 5.74) is 3.73. The monoisotopic (exact) mass is 420 g/mol. The van der Waals surface area contributed by atoms with E-state index < -0.39 is 0 Å². The molecule has 0 saturated heterocycles. The van der Waals surface area contributed by atoms with E-state index in [1.165, 1.54) is 17.8 Å². The Kier molecular flexibility index (Phi) is 5.86. The van der Waals surface area contributed by atoms with E-state index in [1.54, 1.807) is 35.2 Å². The molecular formula is C24H21FN2O2S. The molecule has 0 radical (unpaired) electrons. The third kappa shape index (κ3) is 4.39. The number of rotatable bonds is 5. The van der Waals surface area contributed by atoms with E-state index in [-0.39, 0.29) is 24.2 Å². The predicted octanol–water partition coefficient (Wildman–Crippen LogP) is 4.70. The first-order chi connectivity index (χ1) is 14.5. The molecule has 6 heteroatoms. The van der Waals surface area contributed by atoms with Gasteiger partial charge in [0.05, 0.1) is 18.0 Å². The van der Waals surface area contributed by atoms with Gasteiger partial charge in [0, 0.05) is 22.6 Å². The second-order valence-electron chi connectivity index (χ2n) is 7.21. The van der Waals surface area contributed by atoms with Gasteiger partial charge < -0.3 is 10.2 Å². The summed E-state index contributed by atoms with van der Waals surface area (Å²) in [6, 6.07) is 19.7. The fraction of sp³-hybridized carbons (Fsp3) is 0.167. The number of carbonyl (C=O) groups excluding carboxylic acids is 2. The molecule has 30 heavy (non-hydrogen) atoms. The molecule has 0 atom stereocenters. The lowest BCUT2D eigenvalue weighted by Crippen LogP contribution is -2.35. The molecule has 1 aliphatic rings. The number of fused-ring (bicyclic) bond motifs is 1. The number of hydrogen-bond acceptors (Lipinski definition) is 3. The number of aryl methyl sites for hydroxylation is 1. The van der Waals surface area contributed by atoms with Crippen molar-refractivity contribution in [1.82, 2.24) is 5.32 Å². The SMILES string of the molecule is Cc1ccc(CNC(=O)c2ccc3c(c2)N(Cc2ccccc2F)C(=O)CS3)cc1. The van der Waals surface area contributed by atoms with Gasteiger partial charge in [-0.1, -0.05) is 48.0 Å². The maximum atomic E-state index is 14.1. The van der Waals surface area contributed by atoms with Crippen LogP contribution in [0.2, 0.25) is 0 Å². The van der Waals surface area contributed by atoms with Crippen LogP contribution in [0, 0.1) is 12.7 Å². The largest absolute Gasteiger partial charge is 0.348 e. The van der Waals surface area contributed by atoms with Crippen molar-refractivity contribution in [2.75, 3.05) is 10.7 Å². The van der Waals surface area contributed by atoms with Crippen LogP contribution in [0.15, 0.2) is 71.6 Å². The first-order valence-corrected chi connectivity index (χ1v) is 10.6. The Bertz CT molecular complexity index is 1100. The molecule has 0 fully saturated rings. The van der Waals surface area contributed by atoms with Crippen molar-refractivity contribution in [2.45, 2.75) is 24.9 Å². The van der Waals surface area contributed by atoms with Crippen LogP contribution in [-0.2, 0) is 17.9 Å². The average Bonchev–Trinajstić information content (AvgIpc) is 2.76. The molecule has 1 aliphatic heterocycles. The molecule has 3 aromatic rings. The van der Waals surface area contributed by atoms with Gasteiger partial charge >= 0.3 is 0 Å². The normalized spacial score (nSPS) is 13.1. The van der Waals surface area contributed by atoms with Gasteiger partial charge in [0.15, 0.2) is 0 Å². The number of hydrogen-bond donors (Lipinski definition) is 1. The Morgan fingerprint density at radius 1 is 1.10 bits per heavy atom. The quantitative estimate of drug-likeness (QED) is 0.651. The summed E-state index contributed by atoms with van der Waals surface area (Å²) in [5.74, 6) is -0.377. The topological polar surface area (TPSA) is 49.4 Å². The standard InChI is InChI=1S/C24H21FN2O2S/c1-16-6-8-17(9-7-16)13-26-24(29)18-10-11-22-21(12-18)27(23(28)15-30-22)14-19-4-2-3-5-20(19)25/h2-12H,13-15H2,1H3,(H,26,29). The Morgan fingerprint density at radius 2 is 1.87 bits per heavy atom. The molecule has 0 aromatic heterocycles. The Morgan fingerprint density at radius 3 is 2.63 bits per heavy atom. The number of carbonyl (C=O) groups is 2. The number of benzene rings is 3. The Hall–Kier alpha value is -3.12. The van der Waals surface area contributed by atoms with Crippen molar-refractivity contribution in [1.29, 1.82) is 0 Å². The van der Waals surface area contributed by atoms with E-state index in [1.807, 2.05) is 37.3 Å². The zero-order valence-electron chi connectivity index (χ0n) is 16.5. The first-order valence-electron chi connectivity index (χ1n) is 9.65. The average molecular weight is 421 g/mol. The molecular weight excluding hydrogens is 399 g/mol. The minimum Gasteiger partial charge on any atom is -0.348 e. The zero-order valence-corrected chi connectivity index (χ0v) is 17.3. The van der Waals surface area contributed by atoms with Crippen LogP contribution in [0.1, 0.15) is 27.0 Å². The molecule has 0 spiro atoms. The number of anilines is 1. The lowest BCUT2D eigenvalue weighted by atomic mass is 10.1. The van der Waals surface area contributed by atoms with Crippen LogP contribution in [0.5, 0.6) is 0 Å². The van der Waals surface area contributed by atoms with Gasteiger partial charge in [0.25, 0.3) is 5.91 Å². The third-order valence-electron chi connectivity index (χ3n) is 5.02. The fourth-order valence-corrected chi connectivity index (χ4v) is 4.22. The number of halogens is 1. The second kappa shape index (κ2) is 8.71. The summed E-state index contributed by atoms with van der Waals surface area (Å²) in [6.45, 7) is 2.57. The number of nitrogens with one attached hydrogen (secondary N) is 1. The lowest BCUT2D eigenvalue weighted by molar-refractivity contribution is -0.116. The van der Waals surface area contributed by atoms with E-state index in [2.05, 4.69) is 5.32 Å². The van der Waals surface area contributed by atoms with Crippen LogP contribution >= 0.6 is 11.8 Å². The van der Waals surface area contributed by atoms with E-state index in [0.717, 1.165) is 16.0 Å². The van der Waals surface area contributed by atoms with E-state index >= 15 is 0 Å². The molecule has 3 aromatic carbocycles. The van der Waals surface area contributed by atoms with Crippen LogP contribution < -0.4 is 10.2 Å². The van der Waals surface area contributed by atoms with Gasteiger partial charge in [-0.05, 0) is 36.8 Å². The Labute approximate surface area is 179 Å². The van der Waals surface area contributed by atoms with Gasteiger partial charge in [-0.15, -0.1) is 11.8 Å². The minimum atomic E-state index is -0.350. The van der Waals surface area contributed by atoms with Gasteiger partial charge in [-0.2, -0.15) is 0 Å². The van der Waals surface area contributed by atoms with Crippen LogP contribution in [-0.4, -0.2) is 17.6 Å². The van der Waals surface area contributed by atoms with E-state index in [9.17, 15) is 14.0 Å². The number of thioether (sulfide) groups is 1. The summed E-state index contributed by atoms with van der Waals surface area (Å²) in [7, 11) is 0. The highest BCUT2D eigenvalue weighted by atomic mass is 32.2. The van der Waals surface area contributed by atoms with Crippen molar-refractivity contribution >= 4 is 29.3 Å². The highest BCUT2D eigenvalue weighted by Gasteiger charge is 2.26. The van der Waals surface area contributed by atoms with Crippen LogP contribution in [0.25, 0.3) is 0 Å². The number of nitrogens with zero attached hydrogens (tertiary/aromatic N) is 1. The molecule has 0 bridgehead atoms. The van der Waals surface area contributed by atoms with E-state index in [0.29, 0.717) is 29.1 Å². The highest BCUT2D eigenvalue weighted by molar-refractivity contribution is 8.00. The van der Waals surface area contributed by atoms with Gasteiger partial charge in [-0.3, -0.25) is 9.59 Å². The maximum Gasteiger partial charge on any atom is 0.251 e. The van der Waals surface area contributed by atoms with E-state index in [4.69, 9.17) is 0 Å². The smallest absolute Gasteiger partial charge is 0.251 e. The molecule has 0 aliphatic carbocycles. The van der Waals surface area contributed by atoms with Gasteiger partial charge in [0.2, 0.25) is 5.91 Å².